The first kappa shape index (κ1) is 65.1. The zero-order valence-corrected chi connectivity index (χ0v) is 45.1. The third kappa shape index (κ3) is 54.1. The van der Waals surface area contributed by atoms with Gasteiger partial charge in [-0.25, -0.2) is 0 Å². The fraction of sp³-hybridized carbons (Fsp3) is 0.790. The fourth-order valence-corrected chi connectivity index (χ4v) is 8.26. The highest BCUT2D eigenvalue weighted by atomic mass is 16.6. The average molecular weight is 952 g/mol. The van der Waals surface area contributed by atoms with E-state index in [1.165, 1.54) is 167 Å². The minimum absolute atomic E-state index is 0.0865. The Bertz CT molecular complexity index is 1230. The molecule has 0 unspecified atom stereocenters. The average Bonchev–Trinajstić information content (AvgIpc) is 3.34. The van der Waals surface area contributed by atoms with Gasteiger partial charge in [0.25, 0.3) is 0 Å². The van der Waals surface area contributed by atoms with Crippen molar-refractivity contribution >= 4 is 17.9 Å². The van der Waals surface area contributed by atoms with E-state index >= 15 is 0 Å². The standard InChI is InChI=1S/C62H110O6/c1-4-7-10-13-16-19-22-25-28-31-34-37-40-43-46-49-52-55-61(64)67-58-59(57-66-60(63)54-51-48-45-42-39-36-33-30-27-24-21-18-15-12-9-6-3)68-62(65)56-53-50-47-44-41-38-35-32-29-26-23-20-17-14-11-8-5-2/h16,19,25-26,28-30,33-34,37,59H,4-15,17-18,20-24,27,31-32,35-36,38-58H2,1-3H3/b19-16-,28-25-,29-26-,33-30-,37-34-/t59-/m1/s1. The number of esters is 3. The second-order valence-corrected chi connectivity index (χ2v) is 19.5. The molecule has 0 saturated carbocycles. The van der Waals surface area contributed by atoms with E-state index in [9.17, 15) is 14.4 Å². The molecule has 0 spiro atoms. The number of hydrogen-bond donors (Lipinski definition) is 0. The topological polar surface area (TPSA) is 78.9 Å². The quantitative estimate of drug-likeness (QED) is 0.0262. The van der Waals surface area contributed by atoms with Gasteiger partial charge in [-0.2, -0.15) is 0 Å². The van der Waals surface area contributed by atoms with Gasteiger partial charge >= 0.3 is 17.9 Å². The fourth-order valence-electron chi connectivity index (χ4n) is 8.26. The first-order valence-corrected chi connectivity index (χ1v) is 29.3. The normalized spacial score (nSPS) is 12.5. The molecule has 0 amide bonds. The molecule has 6 heteroatoms. The summed E-state index contributed by atoms with van der Waals surface area (Å²) in [5.74, 6) is -0.910. The molecule has 6 nitrogen and oxygen atoms in total. The second-order valence-electron chi connectivity index (χ2n) is 19.5. The molecule has 0 aromatic rings. The number of carbonyl (C=O) groups excluding carboxylic acids is 3. The molecule has 0 heterocycles. The Morgan fingerprint density at radius 2 is 0.529 bits per heavy atom. The summed E-state index contributed by atoms with van der Waals surface area (Å²) in [4.78, 5) is 38.2. The third-order valence-corrected chi connectivity index (χ3v) is 12.7. The zero-order chi connectivity index (χ0) is 49.3. The maximum absolute atomic E-state index is 12.9. The van der Waals surface area contributed by atoms with Gasteiger partial charge in [0.15, 0.2) is 6.10 Å². The summed E-state index contributed by atoms with van der Waals surface area (Å²) in [6, 6.07) is 0. The predicted molar refractivity (Wildman–Crippen MR) is 293 cm³/mol. The summed E-state index contributed by atoms with van der Waals surface area (Å²) in [7, 11) is 0. The van der Waals surface area contributed by atoms with Gasteiger partial charge in [0.05, 0.1) is 0 Å². The highest BCUT2D eigenvalue weighted by Gasteiger charge is 2.19. The van der Waals surface area contributed by atoms with Gasteiger partial charge < -0.3 is 14.2 Å². The summed E-state index contributed by atoms with van der Waals surface area (Å²) in [6.45, 7) is 6.60. The van der Waals surface area contributed by atoms with Crippen molar-refractivity contribution in [1.29, 1.82) is 0 Å². The van der Waals surface area contributed by atoms with E-state index in [-0.39, 0.29) is 31.1 Å². The molecule has 0 aliphatic heterocycles. The maximum Gasteiger partial charge on any atom is 0.306 e. The van der Waals surface area contributed by atoms with Crippen molar-refractivity contribution in [3.8, 4) is 0 Å². The van der Waals surface area contributed by atoms with E-state index < -0.39 is 6.10 Å². The van der Waals surface area contributed by atoms with Crippen LogP contribution in [0.3, 0.4) is 0 Å². The van der Waals surface area contributed by atoms with E-state index in [0.29, 0.717) is 19.3 Å². The summed E-state index contributed by atoms with van der Waals surface area (Å²) in [5.41, 5.74) is 0. The smallest absolute Gasteiger partial charge is 0.306 e. The molecule has 0 aromatic carbocycles. The lowest BCUT2D eigenvalue weighted by Crippen LogP contribution is -2.30. The van der Waals surface area contributed by atoms with Crippen molar-refractivity contribution in [2.24, 2.45) is 0 Å². The number of carbonyl (C=O) groups is 3. The van der Waals surface area contributed by atoms with Gasteiger partial charge in [-0.05, 0) is 109 Å². The van der Waals surface area contributed by atoms with Gasteiger partial charge in [0, 0.05) is 19.3 Å². The largest absolute Gasteiger partial charge is 0.462 e. The van der Waals surface area contributed by atoms with Crippen LogP contribution in [-0.2, 0) is 28.6 Å². The maximum atomic E-state index is 12.9. The van der Waals surface area contributed by atoms with Gasteiger partial charge in [-0.3, -0.25) is 14.4 Å². The van der Waals surface area contributed by atoms with Crippen LogP contribution in [0.4, 0.5) is 0 Å². The van der Waals surface area contributed by atoms with Crippen molar-refractivity contribution in [3.63, 3.8) is 0 Å². The van der Waals surface area contributed by atoms with Crippen molar-refractivity contribution in [3.05, 3.63) is 60.8 Å². The molecule has 0 aromatic heterocycles. The van der Waals surface area contributed by atoms with Crippen LogP contribution >= 0.6 is 0 Å². The van der Waals surface area contributed by atoms with Crippen LogP contribution in [0, 0.1) is 0 Å². The van der Waals surface area contributed by atoms with Crippen LogP contribution in [0.25, 0.3) is 0 Å². The highest BCUT2D eigenvalue weighted by molar-refractivity contribution is 5.71. The van der Waals surface area contributed by atoms with Crippen molar-refractivity contribution in [1.82, 2.24) is 0 Å². The molecule has 0 saturated heterocycles. The Labute approximate surface area is 421 Å². The van der Waals surface area contributed by atoms with Crippen LogP contribution in [0.15, 0.2) is 60.8 Å². The number of rotatable bonds is 53. The van der Waals surface area contributed by atoms with E-state index in [1.807, 2.05) is 0 Å². The molecule has 0 radical (unpaired) electrons. The first-order valence-electron chi connectivity index (χ1n) is 29.3. The molecule has 68 heavy (non-hydrogen) atoms. The van der Waals surface area contributed by atoms with Crippen LogP contribution < -0.4 is 0 Å². The molecule has 0 fully saturated rings. The number of unbranched alkanes of at least 4 members (excludes halogenated alkanes) is 32. The monoisotopic (exact) mass is 951 g/mol. The summed E-state index contributed by atoms with van der Waals surface area (Å²) in [5, 5.41) is 0. The second kappa shape index (κ2) is 56.7. The highest BCUT2D eigenvalue weighted by Crippen LogP contribution is 2.15. The number of allylic oxidation sites excluding steroid dienone is 10. The Kier molecular flexibility index (Phi) is 54.3. The number of hydrogen-bond acceptors (Lipinski definition) is 6. The van der Waals surface area contributed by atoms with Crippen molar-refractivity contribution < 1.29 is 28.6 Å². The molecule has 1 atom stereocenters. The molecule has 394 valence electrons. The summed E-state index contributed by atoms with van der Waals surface area (Å²) >= 11 is 0. The minimum Gasteiger partial charge on any atom is -0.462 e. The van der Waals surface area contributed by atoms with Crippen molar-refractivity contribution in [2.75, 3.05) is 13.2 Å². The van der Waals surface area contributed by atoms with Crippen LogP contribution in [0.1, 0.15) is 297 Å². The Hall–Kier alpha value is -2.89. The molecule has 0 aliphatic carbocycles. The van der Waals surface area contributed by atoms with Gasteiger partial charge in [-0.15, -0.1) is 0 Å². The SMILES string of the molecule is CCCCC/C=C\C/C=C\C/C=C\CCCCCCC(=O)OC[C@@H](COC(=O)CCCCCCC/C=C\CCCCCCCCC)OC(=O)CCCCCCCCC/C=C\CCCCCCCC. The van der Waals surface area contributed by atoms with Crippen LogP contribution in [0.5, 0.6) is 0 Å². The number of ether oxygens (including phenoxy) is 3. The Morgan fingerprint density at radius 3 is 0.868 bits per heavy atom. The van der Waals surface area contributed by atoms with Gasteiger partial charge in [-0.1, -0.05) is 229 Å². The van der Waals surface area contributed by atoms with Crippen LogP contribution in [0.2, 0.25) is 0 Å². The Morgan fingerprint density at radius 1 is 0.294 bits per heavy atom. The molecular weight excluding hydrogens is 841 g/mol. The van der Waals surface area contributed by atoms with Crippen LogP contribution in [-0.4, -0.2) is 37.2 Å². The minimum atomic E-state index is -0.789. The van der Waals surface area contributed by atoms with E-state index in [2.05, 4.69) is 81.5 Å². The molecular formula is C62H110O6. The Balaban J connectivity index is 4.43. The zero-order valence-electron chi connectivity index (χ0n) is 45.1. The van der Waals surface area contributed by atoms with Gasteiger partial charge in [0.1, 0.15) is 13.2 Å². The van der Waals surface area contributed by atoms with E-state index in [4.69, 9.17) is 14.2 Å². The summed E-state index contributed by atoms with van der Waals surface area (Å²) < 4.78 is 16.9. The van der Waals surface area contributed by atoms with E-state index in [1.54, 1.807) is 0 Å². The lowest BCUT2D eigenvalue weighted by atomic mass is 10.1. The molecule has 0 rings (SSSR count). The molecule has 0 bridgehead atoms. The third-order valence-electron chi connectivity index (χ3n) is 12.7. The lowest BCUT2D eigenvalue weighted by Gasteiger charge is -2.18. The van der Waals surface area contributed by atoms with Gasteiger partial charge in [0.2, 0.25) is 0 Å². The molecule has 0 N–H and O–H groups in total. The van der Waals surface area contributed by atoms with Crippen molar-refractivity contribution in [2.45, 2.75) is 303 Å². The molecule has 0 aliphatic rings. The first-order chi connectivity index (χ1) is 33.5. The predicted octanol–water partition coefficient (Wildman–Crippen LogP) is 19.6. The summed E-state index contributed by atoms with van der Waals surface area (Å²) in [6.07, 6.45) is 70.6. The lowest BCUT2D eigenvalue weighted by molar-refractivity contribution is -0.167. The van der Waals surface area contributed by atoms with E-state index in [0.717, 1.165) is 89.9 Å².